The number of fused-ring (bicyclic) bond motifs is 2. The molecule has 38 heavy (non-hydrogen) atoms. The molecule has 2 bridgehead atoms. The van der Waals surface area contributed by atoms with Gasteiger partial charge >= 0.3 is 0 Å². The Hall–Kier alpha value is -4.08. The van der Waals surface area contributed by atoms with E-state index < -0.39 is 0 Å². The van der Waals surface area contributed by atoms with Gasteiger partial charge in [-0.15, -0.1) is 5.53 Å². The number of imidazole rings is 1. The molecular weight excluding hydrogens is 474 g/mol. The van der Waals surface area contributed by atoms with E-state index in [1.54, 1.807) is 0 Å². The first kappa shape index (κ1) is 22.0. The Kier molecular flexibility index (Phi) is 4.74. The number of hydrogen-bond acceptors (Lipinski definition) is 6. The molecule has 3 aliphatic carbocycles. The van der Waals surface area contributed by atoms with Crippen LogP contribution in [0, 0.1) is 11.3 Å². The second-order valence-electron chi connectivity index (χ2n) is 11.4. The lowest BCUT2D eigenvalue weighted by Gasteiger charge is -2.62. The maximum absolute atomic E-state index is 4.83. The Morgan fingerprint density at radius 1 is 1.08 bits per heavy atom. The summed E-state index contributed by atoms with van der Waals surface area (Å²) in [7, 11) is 2.06. The average Bonchev–Trinajstić information content (AvgIpc) is 3.65. The Morgan fingerprint density at radius 2 is 2.00 bits per heavy atom. The highest BCUT2D eigenvalue weighted by molar-refractivity contribution is 5.80. The van der Waals surface area contributed by atoms with E-state index in [9.17, 15) is 0 Å². The van der Waals surface area contributed by atoms with Gasteiger partial charge in [0.1, 0.15) is 5.65 Å². The van der Waals surface area contributed by atoms with Gasteiger partial charge in [0.25, 0.3) is 0 Å². The van der Waals surface area contributed by atoms with Crippen molar-refractivity contribution in [1.82, 2.24) is 44.8 Å². The summed E-state index contributed by atoms with van der Waals surface area (Å²) in [5.41, 5.74) is 14.6. The van der Waals surface area contributed by atoms with Gasteiger partial charge in [-0.05, 0) is 54.4 Å². The van der Waals surface area contributed by atoms with Crippen LogP contribution in [0.4, 0.5) is 0 Å². The van der Waals surface area contributed by atoms with Crippen molar-refractivity contribution in [3.8, 4) is 5.69 Å². The lowest BCUT2D eigenvalue weighted by atomic mass is 9.44. The minimum absolute atomic E-state index is 0.633. The van der Waals surface area contributed by atoms with E-state index in [2.05, 4.69) is 103 Å². The van der Waals surface area contributed by atoms with Gasteiger partial charge in [0.2, 0.25) is 0 Å². The molecule has 5 aromatic heterocycles. The van der Waals surface area contributed by atoms with Crippen LogP contribution in [0.5, 0.6) is 0 Å². The SMILES string of the molecule is Cn1ccc2cn(-c3cncc(C4=CN(Cc5cn6cc(CNCC78CC(C7)C8)ccc6n5)NN4)c3)cc21. The predicted octanol–water partition coefficient (Wildman–Crippen LogP) is 3.72. The molecular formula is C29H31N9. The Morgan fingerprint density at radius 3 is 2.84 bits per heavy atom. The van der Waals surface area contributed by atoms with Crippen molar-refractivity contribution in [2.45, 2.75) is 32.4 Å². The van der Waals surface area contributed by atoms with Crippen molar-refractivity contribution in [2.24, 2.45) is 18.4 Å². The standard InChI is InChI=1S/C29H31N9/c1-35-5-4-22-14-36(18-27(22)35)25-6-23(11-30-12-25)26-17-38(34-33-26)16-24-15-37-13-20(2-3-28(37)32-24)10-31-19-29-7-21(8-29)9-29/h2-6,11-15,17-18,21,31,33-34H,7-10,16,19H2,1H3. The molecule has 3 N–H and O–H groups in total. The van der Waals surface area contributed by atoms with Gasteiger partial charge in [-0.2, -0.15) is 0 Å². The summed E-state index contributed by atoms with van der Waals surface area (Å²) in [5.74, 6) is 1.04. The maximum atomic E-state index is 4.83. The number of rotatable bonds is 8. The summed E-state index contributed by atoms with van der Waals surface area (Å²) in [6.07, 6.45) is 20.8. The fraction of sp³-hybridized carbons (Fsp3) is 0.310. The molecule has 0 atom stereocenters. The highest BCUT2D eigenvalue weighted by Crippen LogP contribution is 2.63. The topological polar surface area (TPSA) is 79.4 Å². The second-order valence-corrected chi connectivity index (χ2v) is 11.4. The van der Waals surface area contributed by atoms with Crippen LogP contribution < -0.4 is 16.3 Å². The lowest BCUT2D eigenvalue weighted by Crippen LogP contribution is -2.56. The Bertz CT molecular complexity index is 1690. The van der Waals surface area contributed by atoms with Crippen LogP contribution >= 0.6 is 0 Å². The molecule has 0 saturated heterocycles. The van der Waals surface area contributed by atoms with Crippen molar-refractivity contribution in [3.63, 3.8) is 0 Å². The average molecular weight is 506 g/mol. The van der Waals surface area contributed by atoms with Gasteiger partial charge in [-0.3, -0.25) is 9.99 Å². The molecule has 1 aliphatic heterocycles. The highest BCUT2D eigenvalue weighted by atomic mass is 15.7. The molecule has 5 aromatic rings. The molecule has 9 heteroatoms. The largest absolute Gasteiger partial charge is 0.349 e. The third kappa shape index (κ3) is 3.69. The van der Waals surface area contributed by atoms with Crippen LogP contribution in [0.2, 0.25) is 0 Å². The number of nitrogens with zero attached hydrogens (tertiary/aromatic N) is 6. The van der Waals surface area contributed by atoms with E-state index in [0.717, 1.165) is 47.3 Å². The van der Waals surface area contributed by atoms with Gasteiger partial charge in [0, 0.05) is 74.5 Å². The van der Waals surface area contributed by atoms with E-state index >= 15 is 0 Å². The monoisotopic (exact) mass is 505 g/mol. The van der Waals surface area contributed by atoms with Crippen LogP contribution in [0.1, 0.15) is 36.1 Å². The number of aryl methyl sites for hydroxylation is 1. The van der Waals surface area contributed by atoms with Gasteiger partial charge in [0.15, 0.2) is 0 Å². The summed E-state index contributed by atoms with van der Waals surface area (Å²) in [6, 6.07) is 8.56. The number of aromatic nitrogens is 5. The third-order valence-corrected chi connectivity index (χ3v) is 8.53. The van der Waals surface area contributed by atoms with Crippen LogP contribution in [0.25, 0.3) is 27.9 Å². The zero-order valence-corrected chi connectivity index (χ0v) is 21.4. The second kappa shape index (κ2) is 8.21. The van der Waals surface area contributed by atoms with E-state index in [1.807, 2.05) is 17.4 Å². The minimum atomic E-state index is 0.633. The fourth-order valence-corrected chi connectivity index (χ4v) is 6.40. The van der Waals surface area contributed by atoms with Crippen LogP contribution in [0.3, 0.4) is 0 Å². The zero-order valence-electron chi connectivity index (χ0n) is 21.4. The molecule has 4 aliphatic rings. The maximum Gasteiger partial charge on any atom is 0.137 e. The molecule has 0 aromatic carbocycles. The molecule has 6 heterocycles. The molecule has 9 nitrogen and oxygen atoms in total. The highest BCUT2D eigenvalue weighted by Gasteiger charge is 2.55. The number of nitrogens with one attached hydrogen (secondary N) is 3. The number of hydrogen-bond donors (Lipinski definition) is 3. The molecule has 9 rings (SSSR count). The van der Waals surface area contributed by atoms with Crippen molar-refractivity contribution in [3.05, 3.63) is 90.7 Å². The fourth-order valence-electron chi connectivity index (χ4n) is 6.40. The molecule has 0 amide bonds. The first-order chi connectivity index (χ1) is 18.6. The summed E-state index contributed by atoms with van der Waals surface area (Å²) >= 11 is 0. The quantitative estimate of drug-likeness (QED) is 0.298. The number of hydrazine groups is 2. The van der Waals surface area contributed by atoms with Crippen molar-refractivity contribution in [2.75, 3.05) is 6.54 Å². The van der Waals surface area contributed by atoms with Crippen molar-refractivity contribution >= 4 is 22.2 Å². The summed E-state index contributed by atoms with van der Waals surface area (Å²) in [6.45, 7) is 2.71. The summed E-state index contributed by atoms with van der Waals surface area (Å²) < 4.78 is 6.38. The normalized spacial score (nSPS) is 22.0. The van der Waals surface area contributed by atoms with E-state index in [0.29, 0.717) is 12.0 Å². The van der Waals surface area contributed by atoms with E-state index in [1.165, 1.54) is 35.7 Å². The van der Waals surface area contributed by atoms with Crippen molar-refractivity contribution in [1.29, 1.82) is 0 Å². The molecule has 0 radical (unpaired) electrons. The first-order valence-electron chi connectivity index (χ1n) is 13.4. The summed E-state index contributed by atoms with van der Waals surface area (Å²) in [5, 5.41) is 6.91. The zero-order chi connectivity index (χ0) is 25.3. The van der Waals surface area contributed by atoms with Gasteiger partial charge < -0.3 is 24.3 Å². The summed E-state index contributed by atoms with van der Waals surface area (Å²) in [4.78, 5) is 9.32. The molecule has 0 unspecified atom stereocenters. The Labute approximate surface area is 220 Å². The lowest BCUT2D eigenvalue weighted by molar-refractivity contribution is -0.103. The molecule has 192 valence electrons. The predicted molar refractivity (Wildman–Crippen MR) is 147 cm³/mol. The number of pyridine rings is 2. The van der Waals surface area contributed by atoms with Gasteiger partial charge in [-0.1, -0.05) is 6.07 Å². The molecule has 3 fully saturated rings. The van der Waals surface area contributed by atoms with Crippen LogP contribution in [-0.4, -0.2) is 35.1 Å². The smallest absolute Gasteiger partial charge is 0.137 e. The molecule has 0 spiro atoms. The van der Waals surface area contributed by atoms with Gasteiger partial charge in [0.05, 0.1) is 35.3 Å². The minimum Gasteiger partial charge on any atom is -0.349 e. The van der Waals surface area contributed by atoms with Gasteiger partial charge in [-0.25, -0.2) is 4.98 Å². The van der Waals surface area contributed by atoms with Crippen LogP contribution in [0.15, 0.2) is 73.8 Å². The Balaban J connectivity index is 0.949. The van der Waals surface area contributed by atoms with Crippen molar-refractivity contribution < 1.29 is 0 Å². The van der Waals surface area contributed by atoms with E-state index in [4.69, 9.17) is 4.98 Å². The molecule has 3 saturated carbocycles. The third-order valence-electron chi connectivity index (χ3n) is 8.53. The first-order valence-corrected chi connectivity index (χ1v) is 13.4. The van der Waals surface area contributed by atoms with Crippen LogP contribution in [-0.2, 0) is 20.1 Å². The van der Waals surface area contributed by atoms with E-state index in [-0.39, 0.29) is 0 Å².